The quantitative estimate of drug-likeness (QED) is 0.738. The lowest BCUT2D eigenvalue weighted by atomic mass is 10.1. The van der Waals surface area contributed by atoms with Gasteiger partial charge in [0.25, 0.3) is 0 Å². The zero-order chi connectivity index (χ0) is 13.4. The first-order valence-electron chi connectivity index (χ1n) is 6.24. The standard InChI is InChI=1S/C14H22ClNO2/c1-11-9-13(10-12(2)14(11)15)18-8-6-16-5-4-7-17-3/h9-10,16H,4-8H2,1-3H3. The van der Waals surface area contributed by atoms with Crippen molar-refractivity contribution in [3.8, 4) is 5.75 Å². The molecule has 4 heteroatoms. The van der Waals surface area contributed by atoms with Crippen LogP contribution in [0.5, 0.6) is 5.75 Å². The maximum absolute atomic E-state index is 6.10. The molecule has 0 saturated heterocycles. The lowest BCUT2D eigenvalue weighted by molar-refractivity contribution is 0.193. The summed E-state index contributed by atoms with van der Waals surface area (Å²) in [5.41, 5.74) is 2.11. The van der Waals surface area contributed by atoms with Gasteiger partial charge in [-0.2, -0.15) is 0 Å². The van der Waals surface area contributed by atoms with Gasteiger partial charge in [-0.3, -0.25) is 0 Å². The molecule has 3 nitrogen and oxygen atoms in total. The molecule has 0 atom stereocenters. The summed E-state index contributed by atoms with van der Waals surface area (Å²) in [5.74, 6) is 0.882. The number of aryl methyl sites for hydroxylation is 2. The van der Waals surface area contributed by atoms with E-state index < -0.39 is 0 Å². The molecule has 0 saturated carbocycles. The van der Waals surface area contributed by atoms with Crippen LogP contribution in [0.1, 0.15) is 17.5 Å². The molecule has 0 spiro atoms. The predicted octanol–water partition coefficient (Wildman–Crippen LogP) is 2.96. The third-order valence-electron chi connectivity index (χ3n) is 2.66. The van der Waals surface area contributed by atoms with Gasteiger partial charge in [0.15, 0.2) is 0 Å². The van der Waals surface area contributed by atoms with Crippen LogP contribution in [-0.4, -0.2) is 33.4 Å². The smallest absolute Gasteiger partial charge is 0.119 e. The molecule has 0 bridgehead atoms. The Kier molecular flexibility index (Phi) is 7.09. The van der Waals surface area contributed by atoms with Crippen LogP contribution in [0, 0.1) is 13.8 Å². The monoisotopic (exact) mass is 271 g/mol. The predicted molar refractivity (Wildman–Crippen MR) is 75.8 cm³/mol. The van der Waals surface area contributed by atoms with Crippen LogP contribution in [-0.2, 0) is 4.74 Å². The highest BCUT2D eigenvalue weighted by Crippen LogP contribution is 2.25. The zero-order valence-corrected chi connectivity index (χ0v) is 12.1. The van der Waals surface area contributed by atoms with Gasteiger partial charge in [-0.05, 0) is 50.1 Å². The van der Waals surface area contributed by atoms with E-state index in [0.29, 0.717) is 6.61 Å². The van der Waals surface area contributed by atoms with Crippen LogP contribution < -0.4 is 10.1 Å². The molecule has 18 heavy (non-hydrogen) atoms. The summed E-state index contributed by atoms with van der Waals surface area (Å²) in [4.78, 5) is 0. The summed E-state index contributed by atoms with van der Waals surface area (Å²) in [6, 6.07) is 3.94. The Labute approximate surface area is 114 Å². The molecule has 0 aromatic heterocycles. The van der Waals surface area contributed by atoms with Crippen molar-refractivity contribution in [3.63, 3.8) is 0 Å². The summed E-state index contributed by atoms with van der Waals surface area (Å²) in [6.07, 6.45) is 1.02. The summed E-state index contributed by atoms with van der Waals surface area (Å²) < 4.78 is 10.6. The first-order valence-corrected chi connectivity index (χ1v) is 6.62. The number of hydrogen-bond acceptors (Lipinski definition) is 3. The highest BCUT2D eigenvalue weighted by Gasteiger charge is 2.03. The van der Waals surface area contributed by atoms with E-state index in [4.69, 9.17) is 21.1 Å². The number of nitrogens with one attached hydrogen (secondary N) is 1. The van der Waals surface area contributed by atoms with Crippen LogP contribution in [0.2, 0.25) is 5.02 Å². The fourth-order valence-corrected chi connectivity index (χ4v) is 1.81. The Morgan fingerprint density at radius 1 is 1.11 bits per heavy atom. The topological polar surface area (TPSA) is 30.5 Å². The van der Waals surface area contributed by atoms with Crippen LogP contribution in [0.4, 0.5) is 0 Å². The third kappa shape index (κ3) is 5.25. The molecule has 1 N–H and O–H groups in total. The number of hydrogen-bond donors (Lipinski definition) is 1. The van der Waals surface area contributed by atoms with Crippen LogP contribution in [0.25, 0.3) is 0 Å². The van der Waals surface area contributed by atoms with Gasteiger partial charge in [0.1, 0.15) is 12.4 Å². The lowest BCUT2D eigenvalue weighted by Crippen LogP contribution is -2.22. The largest absolute Gasteiger partial charge is 0.492 e. The second-order valence-corrected chi connectivity index (χ2v) is 4.69. The summed E-state index contributed by atoms with van der Waals surface area (Å²) in [6.45, 7) is 7.23. The van der Waals surface area contributed by atoms with E-state index in [1.54, 1.807) is 7.11 Å². The minimum atomic E-state index is 0.660. The molecule has 0 amide bonds. The maximum atomic E-state index is 6.10. The summed E-state index contributed by atoms with van der Waals surface area (Å²) in [5, 5.41) is 4.12. The van der Waals surface area contributed by atoms with Crippen molar-refractivity contribution in [1.29, 1.82) is 0 Å². The molecule has 1 aromatic carbocycles. The Morgan fingerprint density at radius 3 is 2.39 bits per heavy atom. The average molecular weight is 272 g/mol. The molecule has 0 heterocycles. The molecule has 0 aliphatic carbocycles. The zero-order valence-electron chi connectivity index (χ0n) is 11.4. The minimum absolute atomic E-state index is 0.660. The van der Waals surface area contributed by atoms with Crippen molar-refractivity contribution in [3.05, 3.63) is 28.3 Å². The molecule has 0 radical (unpaired) electrons. The highest BCUT2D eigenvalue weighted by atomic mass is 35.5. The van der Waals surface area contributed by atoms with E-state index in [2.05, 4.69) is 5.32 Å². The van der Waals surface area contributed by atoms with E-state index in [0.717, 1.165) is 48.0 Å². The van der Waals surface area contributed by atoms with E-state index >= 15 is 0 Å². The van der Waals surface area contributed by atoms with Crippen LogP contribution in [0.15, 0.2) is 12.1 Å². The van der Waals surface area contributed by atoms with Gasteiger partial charge >= 0.3 is 0 Å². The Balaban J connectivity index is 2.23. The van der Waals surface area contributed by atoms with Crippen LogP contribution >= 0.6 is 11.6 Å². The van der Waals surface area contributed by atoms with Crippen molar-refractivity contribution in [2.24, 2.45) is 0 Å². The molecule has 0 aliphatic rings. The second kappa shape index (κ2) is 8.35. The SMILES string of the molecule is COCCCNCCOc1cc(C)c(Cl)c(C)c1. The molecule has 1 rings (SSSR count). The fourth-order valence-electron chi connectivity index (χ4n) is 1.70. The number of benzene rings is 1. The van der Waals surface area contributed by atoms with Gasteiger partial charge in [0.05, 0.1) is 0 Å². The minimum Gasteiger partial charge on any atom is -0.492 e. The molecular weight excluding hydrogens is 250 g/mol. The third-order valence-corrected chi connectivity index (χ3v) is 3.26. The summed E-state index contributed by atoms with van der Waals surface area (Å²) in [7, 11) is 1.72. The molecule has 102 valence electrons. The molecule has 0 unspecified atom stereocenters. The van der Waals surface area contributed by atoms with E-state index in [9.17, 15) is 0 Å². The lowest BCUT2D eigenvalue weighted by Gasteiger charge is -2.10. The first kappa shape index (κ1) is 15.3. The van der Waals surface area contributed by atoms with Gasteiger partial charge < -0.3 is 14.8 Å². The number of halogens is 1. The van der Waals surface area contributed by atoms with Crippen molar-refractivity contribution in [2.45, 2.75) is 20.3 Å². The maximum Gasteiger partial charge on any atom is 0.119 e. The Hall–Kier alpha value is -0.770. The second-order valence-electron chi connectivity index (χ2n) is 4.32. The number of rotatable bonds is 8. The Morgan fingerprint density at radius 2 is 1.78 bits per heavy atom. The van der Waals surface area contributed by atoms with Gasteiger partial charge in [0.2, 0.25) is 0 Å². The van der Waals surface area contributed by atoms with Crippen molar-refractivity contribution in [2.75, 3.05) is 33.4 Å². The molecule has 0 aliphatic heterocycles. The van der Waals surface area contributed by atoms with Gasteiger partial charge in [-0.25, -0.2) is 0 Å². The van der Waals surface area contributed by atoms with E-state index in [1.165, 1.54) is 0 Å². The molecular formula is C14H22ClNO2. The van der Waals surface area contributed by atoms with Gasteiger partial charge in [-0.1, -0.05) is 11.6 Å². The van der Waals surface area contributed by atoms with E-state index in [1.807, 2.05) is 26.0 Å². The van der Waals surface area contributed by atoms with Crippen molar-refractivity contribution < 1.29 is 9.47 Å². The molecule has 1 aromatic rings. The van der Waals surface area contributed by atoms with Crippen molar-refractivity contribution >= 4 is 11.6 Å². The number of methoxy groups -OCH3 is 1. The number of ether oxygens (including phenoxy) is 2. The first-order chi connectivity index (χ1) is 8.65. The molecule has 0 fully saturated rings. The fraction of sp³-hybridized carbons (Fsp3) is 0.571. The van der Waals surface area contributed by atoms with Gasteiger partial charge in [-0.15, -0.1) is 0 Å². The van der Waals surface area contributed by atoms with Crippen LogP contribution in [0.3, 0.4) is 0 Å². The van der Waals surface area contributed by atoms with Crippen molar-refractivity contribution in [1.82, 2.24) is 5.32 Å². The van der Waals surface area contributed by atoms with E-state index in [-0.39, 0.29) is 0 Å². The van der Waals surface area contributed by atoms with Gasteiger partial charge in [0, 0.05) is 25.3 Å². The average Bonchev–Trinajstić information content (AvgIpc) is 2.34. The normalized spacial score (nSPS) is 10.7. The Bertz CT molecular complexity index is 346. The highest BCUT2D eigenvalue weighted by molar-refractivity contribution is 6.32. The summed E-state index contributed by atoms with van der Waals surface area (Å²) >= 11 is 6.10.